The zero-order valence-electron chi connectivity index (χ0n) is 11.5. The first-order valence-corrected chi connectivity index (χ1v) is 6.33. The number of ether oxygens (including phenoxy) is 1. The topological polar surface area (TPSA) is 41.5 Å². The molecule has 0 saturated carbocycles. The summed E-state index contributed by atoms with van der Waals surface area (Å²) in [6.45, 7) is 3.98. The van der Waals surface area contributed by atoms with Crippen LogP contribution in [-0.2, 0) is 0 Å². The van der Waals surface area contributed by atoms with E-state index in [2.05, 4.69) is 5.32 Å². The molecule has 0 aliphatic rings. The maximum Gasteiger partial charge on any atom is 0.282 e. The van der Waals surface area contributed by atoms with E-state index in [0.29, 0.717) is 0 Å². The summed E-state index contributed by atoms with van der Waals surface area (Å²) in [7, 11) is 0. The molecule has 1 unspecified atom stereocenters. The second kappa shape index (κ2) is 6.82. The zero-order valence-corrected chi connectivity index (χ0v) is 11.5. The molecule has 0 bridgehead atoms. The van der Waals surface area contributed by atoms with Crippen LogP contribution < -0.4 is 10.1 Å². The largest absolute Gasteiger partial charge is 0.491 e. The van der Waals surface area contributed by atoms with Gasteiger partial charge in [-0.2, -0.15) is 0 Å². The van der Waals surface area contributed by atoms with Gasteiger partial charge in [-0.3, -0.25) is 0 Å². The van der Waals surface area contributed by atoms with Gasteiger partial charge in [-0.05, 0) is 38.5 Å². The molecule has 0 aliphatic carbocycles. The fraction of sp³-hybridized carbons (Fsp3) is 0.571. The van der Waals surface area contributed by atoms with Gasteiger partial charge in [0.05, 0.1) is 12.6 Å². The van der Waals surface area contributed by atoms with Crippen molar-refractivity contribution in [2.75, 3.05) is 13.2 Å². The number of aliphatic hydroxyl groups excluding tert-OH is 1. The Morgan fingerprint density at radius 3 is 2.26 bits per heavy atom. The van der Waals surface area contributed by atoms with E-state index in [0.717, 1.165) is 11.3 Å². The summed E-state index contributed by atoms with van der Waals surface area (Å²) < 4.78 is 31.3. The van der Waals surface area contributed by atoms with Gasteiger partial charge in [0.25, 0.3) is 5.92 Å². The molecule has 19 heavy (non-hydrogen) atoms. The molecule has 0 aromatic heterocycles. The van der Waals surface area contributed by atoms with Gasteiger partial charge in [0.2, 0.25) is 0 Å². The average molecular weight is 273 g/mol. The van der Waals surface area contributed by atoms with Crippen LogP contribution in [0.25, 0.3) is 0 Å². The third kappa shape index (κ3) is 5.53. The molecule has 5 heteroatoms. The predicted octanol–water partition coefficient (Wildman–Crippen LogP) is 2.75. The van der Waals surface area contributed by atoms with Gasteiger partial charge in [0.1, 0.15) is 12.4 Å². The standard InChI is InChI=1S/C14H21F2NO2/c1-10(2)19-13-6-4-12(5-7-13)11(3)17-8-14(15,16)9-18/h4-7,10-11,17-18H,8-9H2,1-3H3. The van der Waals surface area contributed by atoms with E-state index in [1.54, 1.807) is 6.92 Å². The van der Waals surface area contributed by atoms with Crippen molar-refractivity contribution < 1.29 is 18.6 Å². The third-order valence-electron chi connectivity index (χ3n) is 2.65. The fourth-order valence-corrected chi connectivity index (χ4v) is 1.58. The van der Waals surface area contributed by atoms with Crippen molar-refractivity contribution >= 4 is 0 Å². The van der Waals surface area contributed by atoms with Gasteiger partial charge in [-0.15, -0.1) is 0 Å². The Hall–Kier alpha value is -1.20. The molecule has 0 radical (unpaired) electrons. The Labute approximate surface area is 112 Å². The minimum atomic E-state index is -3.09. The second-order valence-corrected chi connectivity index (χ2v) is 4.85. The van der Waals surface area contributed by atoms with E-state index in [1.807, 2.05) is 38.1 Å². The molecule has 2 N–H and O–H groups in total. The smallest absolute Gasteiger partial charge is 0.282 e. The molecule has 1 atom stereocenters. The van der Waals surface area contributed by atoms with Gasteiger partial charge >= 0.3 is 0 Å². The SMILES string of the molecule is CC(C)Oc1ccc(C(C)NCC(F)(F)CO)cc1. The van der Waals surface area contributed by atoms with Crippen LogP contribution in [0.3, 0.4) is 0 Å². The van der Waals surface area contributed by atoms with E-state index in [-0.39, 0.29) is 12.1 Å². The summed E-state index contributed by atoms with van der Waals surface area (Å²) in [6, 6.07) is 7.10. The quantitative estimate of drug-likeness (QED) is 0.802. The van der Waals surface area contributed by atoms with Crippen molar-refractivity contribution in [2.24, 2.45) is 0 Å². The zero-order chi connectivity index (χ0) is 14.5. The van der Waals surface area contributed by atoms with Crippen molar-refractivity contribution in [3.8, 4) is 5.75 Å². The maximum absolute atomic E-state index is 12.9. The molecule has 3 nitrogen and oxygen atoms in total. The van der Waals surface area contributed by atoms with Crippen molar-refractivity contribution in [1.82, 2.24) is 5.32 Å². The molecule has 1 rings (SSSR count). The average Bonchev–Trinajstić information content (AvgIpc) is 2.36. The summed E-state index contributed by atoms with van der Waals surface area (Å²) in [5, 5.41) is 11.2. The van der Waals surface area contributed by atoms with Crippen LogP contribution in [0.4, 0.5) is 8.78 Å². The number of hydrogen-bond acceptors (Lipinski definition) is 3. The first kappa shape index (κ1) is 15.9. The van der Waals surface area contributed by atoms with Crippen molar-refractivity contribution in [2.45, 2.75) is 38.8 Å². The van der Waals surface area contributed by atoms with Crippen molar-refractivity contribution in [1.29, 1.82) is 0 Å². The van der Waals surface area contributed by atoms with E-state index >= 15 is 0 Å². The Balaban J connectivity index is 2.55. The Morgan fingerprint density at radius 1 is 1.21 bits per heavy atom. The van der Waals surface area contributed by atoms with E-state index in [1.165, 1.54) is 0 Å². The lowest BCUT2D eigenvalue weighted by molar-refractivity contribution is -0.0490. The molecule has 0 aliphatic heterocycles. The highest BCUT2D eigenvalue weighted by molar-refractivity contribution is 5.29. The molecule has 0 fully saturated rings. The van der Waals surface area contributed by atoms with Gasteiger partial charge in [0, 0.05) is 6.04 Å². The summed E-state index contributed by atoms with van der Waals surface area (Å²) in [5.74, 6) is -2.33. The Morgan fingerprint density at radius 2 is 1.79 bits per heavy atom. The minimum absolute atomic E-state index is 0.102. The normalized spacial score (nSPS) is 13.6. The lowest BCUT2D eigenvalue weighted by Gasteiger charge is -2.19. The summed E-state index contributed by atoms with van der Waals surface area (Å²) in [6.07, 6.45) is 0.102. The van der Waals surface area contributed by atoms with E-state index in [9.17, 15) is 8.78 Å². The summed E-state index contributed by atoms with van der Waals surface area (Å²) in [5.41, 5.74) is 0.893. The van der Waals surface area contributed by atoms with Crippen LogP contribution in [-0.4, -0.2) is 30.3 Å². The molecule has 0 saturated heterocycles. The number of alkyl halides is 2. The molecular weight excluding hydrogens is 252 g/mol. The number of benzene rings is 1. The van der Waals surface area contributed by atoms with Crippen LogP contribution in [0.1, 0.15) is 32.4 Å². The monoisotopic (exact) mass is 273 g/mol. The van der Waals surface area contributed by atoms with Crippen LogP contribution in [0.15, 0.2) is 24.3 Å². The molecule has 1 aromatic rings. The highest BCUT2D eigenvalue weighted by Crippen LogP contribution is 2.19. The van der Waals surface area contributed by atoms with Crippen LogP contribution in [0.2, 0.25) is 0 Å². The summed E-state index contributed by atoms with van der Waals surface area (Å²) in [4.78, 5) is 0. The van der Waals surface area contributed by atoms with Gasteiger partial charge in [0.15, 0.2) is 0 Å². The number of halogens is 2. The first-order chi connectivity index (χ1) is 8.84. The second-order valence-electron chi connectivity index (χ2n) is 4.85. The molecule has 1 aromatic carbocycles. The molecule has 0 spiro atoms. The van der Waals surface area contributed by atoms with Gasteiger partial charge in [-0.1, -0.05) is 12.1 Å². The highest BCUT2D eigenvalue weighted by Gasteiger charge is 2.27. The molecule has 0 heterocycles. The molecular formula is C14H21F2NO2. The molecule has 0 amide bonds. The van der Waals surface area contributed by atoms with Gasteiger partial charge < -0.3 is 15.2 Å². The number of hydrogen-bond donors (Lipinski definition) is 2. The summed E-state index contributed by atoms with van der Waals surface area (Å²) >= 11 is 0. The Bertz CT molecular complexity index is 380. The van der Waals surface area contributed by atoms with Gasteiger partial charge in [-0.25, -0.2) is 8.78 Å². The van der Waals surface area contributed by atoms with E-state index < -0.39 is 19.1 Å². The lowest BCUT2D eigenvalue weighted by Crippen LogP contribution is -2.37. The number of aliphatic hydroxyl groups is 1. The van der Waals surface area contributed by atoms with Crippen LogP contribution in [0.5, 0.6) is 5.75 Å². The fourth-order valence-electron chi connectivity index (χ4n) is 1.58. The van der Waals surface area contributed by atoms with Crippen LogP contribution >= 0.6 is 0 Å². The lowest BCUT2D eigenvalue weighted by atomic mass is 10.1. The van der Waals surface area contributed by atoms with Crippen molar-refractivity contribution in [3.05, 3.63) is 29.8 Å². The Kier molecular flexibility index (Phi) is 5.69. The maximum atomic E-state index is 12.9. The number of rotatable bonds is 7. The minimum Gasteiger partial charge on any atom is -0.491 e. The highest BCUT2D eigenvalue weighted by atomic mass is 19.3. The third-order valence-corrected chi connectivity index (χ3v) is 2.65. The predicted molar refractivity (Wildman–Crippen MR) is 70.7 cm³/mol. The number of nitrogens with one attached hydrogen (secondary N) is 1. The molecule has 108 valence electrons. The van der Waals surface area contributed by atoms with Crippen LogP contribution in [0, 0.1) is 0 Å². The first-order valence-electron chi connectivity index (χ1n) is 6.33. The van der Waals surface area contributed by atoms with Crippen molar-refractivity contribution in [3.63, 3.8) is 0 Å². The van der Waals surface area contributed by atoms with E-state index in [4.69, 9.17) is 9.84 Å².